The lowest BCUT2D eigenvalue weighted by Crippen LogP contribution is -2.43. The molecular weight excluding hydrogens is 286 g/mol. The molecule has 121 valence electrons. The van der Waals surface area contributed by atoms with Crippen LogP contribution in [-0.4, -0.2) is 25.1 Å². The molecule has 0 fully saturated rings. The zero-order valence-electron chi connectivity index (χ0n) is 11.3. The van der Waals surface area contributed by atoms with Crippen molar-refractivity contribution in [3.8, 4) is 0 Å². The van der Waals surface area contributed by atoms with Crippen molar-refractivity contribution in [2.24, 2.45) is 0 Å². The first-order chi connectivity index (χ1) is 9.22. The summed E-state index contributed by atoms with van der Waals surface area (Å²) in [6.45, 7) is 3.12. The van der Waals surface area contributed by atoms with Crippen molar-refractivity contribution < 1.29 is 31.1 Å². The average Bonchev–Trinajstić information content (AvgIpc) is 2.34. The molecule has 1 unspecified atom stereocenters. The molecule has 0 amide bonds. The number of alkyl halides is 6. The molecule has 0 saturated carbocycles. The molecule has 0 aliphatic heterocycles. The van der Waals surface area contributed by atoms with Crippen molar-refractivity contribution in [2.75, 3.05) is 6.61 Å². The van der Waals surface area contributed by atoms with E-state index in [4.69, 9.17) is 0 Å². The van der Waals surface area contributed by atoms with Gasteiger partial charge in [0.1, 0.15) is 0 Å². The molecule has 0 aromatic rings. The molecule has 1 nitrogen and oxygen atoms in total. The second kappa shape index (κ2) is 9.47. The van der Waals surface area contributed by atoms with Crippen LogP contribution in [0.4, 0.5) is 26.3 Å². The topological polar surface area (TPSA) is 9.23 Å². The van der Waals surface area contributed by atoms with Gasteiger partial charge in [-0.25, -0.2) is 4.39 Å². The minimum Gasteiger partial charge on any atom is -0.318 e. The lowest BCUT2D eigenvalue weighted by molar-refractivity contribution is -0.335. The maximum atomic E-state index is 12.7. The molecule has 0 aromatic carbocycles. The normalized spacial score (nSPS) is 14.6. The van der Waals surface area contributed by atoms with Gasteiger partial charge in [0.05, 0.1) is 6.61 Å². The number of ether oxygens (including phenoxy) is 1. The largest absolute Gasteiger partial charge is 0.428 e. The smallest absolute Gasteiger partial charge is 0.318 e. The van der Waals surface area contributed by atoms with Gasteiger partial charge in [-0.1, -0.05) is 51.9 Å². The Bertz CT molecular complexity index is 242. The number of hydrogen-bond donors (Lipinski definition) is 0. The van der Waals surface area contributed by atoms with E-state index in [-0.39, 0.29) is 6.42 Å². The summed E-state index contributed by atoms with van der Waals surface area (Å²) in [4.78, 5) is 0. The Morgan fingerprint density at radius 1 is 0.800 bits per heavy atom. The van der Waals surface area contributed by atoms with Gasteiger partial charge in [-0.2, -0.15) is 22.0 Å². The van der Waals surface area contributed by atoms with Gasteiger partial charge < -0.3 is 4.74 Å². The fourth-order valence-corrected chi connectivity index (χ4v) is 1.63. The van der Waals surface area contributed by atoms with E-state index in [2.05, 4.69) is 11.7 Å². The van der Waals surface area contributed by atoms with Crippen LogP contribution in [0.2, 0.25) is 0 Å². The first-order valence-corrected chi connectivity index (χ1v) is 6.73. The number of unbranched alkanes of at least 4 members (excludes halogenated alkanes) is 7. The highest BCUT2D eigenvalue weighted by molar-refractivity contribution is 4.75. The molecule has 0 N–H and O–H groups in total. The summed E-state index contributed by atoms with van der Waals surface area (Å²) in [5, 5.41) is 0. The lowest BCUT2D eigenvalue weighted by atomic mass is 10.1. The Morgan fingerprint density at radius 2 is 1.25 bits per heavy atom. The third-order valence-corrected chi connectivity index (χ3v) is 2.77. The van der Waals surface area contributed by atoms with Gasteiger partial charge in [0.15, 0.2) is 0 Å². The zero-order chi connectivity index (χ0) is 15.6. The molecule has 20 heavy (non-hydrogen) atoms. The van der Waals surface area contributed by atoms with Crippen molar-refractivity contribution in [1.29, 1.82) is 0 Å². The zero-order valence-corrected chi connectivity index (χ0v) is 11.3. The molecule has 7 heteroatoms. The van der Waals surface area contributed by atoms with Crippen molar-refractivity contribution >= 4 is 0 Å². The minimum absolute atomic E-state index is 0.190. The maximum Gasteiger partial charge on any atom is 0.428 e. The first-order valence-electron chi connectivity index (χ1n) is 6.73. The summed E-state index contributed by atoms with van der Waals surface area (Å²) in [7, 11) is 0. The van der Waals surface area contributed by atoms with Crippen LogP contribution < -0.4 is 0 Å². The summed E-state index contributed by atoms with van der Waals surface area (Å²) in [5.74, 6) is 0. The fraction of sp³-hybridized carbons (Fsp3) is 0.923. The molecule has 0 bridgehead atoms. The summed E-state index contributed by atoms with van der Waals surface area (Å²) in [6, 6.07) is 0. The van der Waals surface area contributed by atoms with Crippen LogP contribution in [0.3, 0.4) is 0 Å². The van der Waals surface area contributed by atoms with Gasteiger partial charge in [-0.05, 0) is 6.42 Å². The molecule has 0 aromatic heterocycles. The molecule has 0 aliphatic carbocycles. The highest BCUT2D eigenvalue weighted by Gasteiger charge is 2.58. The van der Waals surface area contributed by atoms with Gasteiger partial charge in [0, 0.05) is 0 Å². The SMILES string of the molecule is [CH2]CCCCCCCCCOC(F)(F)C(F)C(F)(F)F. The second-order valence-corrected chi connectivity index (χ2v) is 4.64. The van der Waals surface area contributed by atoms with Crippen molar-refractivity contribution in [2.45, 2.75) is 69.8 Å². The monoisotopic (exact) mass is 307 g/mol. The maximum absolute atomic E-state index is 12.7. The Morgan fingerprint density at radius 3 is 1.70 bits per heavy atom. The molecule has 0 rings (SSSR count). The molecular formula is C13H21F6O. The van der Waals surface area contributed by atoms with E-state index in [1.54, 1.807) is 0 Å². The molecule has 1 atom stereocenters. The predicted octanol–water partition coefficient (Wildman–Crippen LogP) is 5.45. The Hall–Kier alpha value is -0.460. The van der Waals surface area contributed by atoms with E-state index in [0.29, 0.717) is 6.42 Å². The standard InChI is InChI=1S/C13H21F6O/c1-2-3-4-5-6-7-8-9-10-20-13(18,19)11(14)12(15,16)17/h11H,1-10H2. The quantitative estimate of drug-likeness (QED) is 0.364. The first kappa shape index (κ1) is 19.5. The number of rotatable bonds is 11. The average molecular weight is 307 g/mol. The van der Waals surface area contributed by atoms with Crippen LogP contribution in [0.25, 0.3) is 0 Å². The van der Waals surface area contributed by atoms with Crippen LogP contribution in [0.5, 0.6) is 0 Å². The van der Waals surface area contributed by atoms with Crippen LogP contribution >= 0.6 is 0 Å². The number of halogens is 6. The van der Waals surface area contributed by atoms with E-state index in [1.807, 2.05) is 0 Å². The van der Waals surface area contributed by atoms with Gasteiger partial charge in [-0.3, -0.25) is 0 Å². The third kappa shape index (κ3) is 8.66. The van der Waals surface area contributed by atoms with Gasteiger partial charge >= 0.3 is 12.3 Å². The Kier molecular flexibility index (Phi) is 9.25. The van der Waals surface area contributed by atoms with E-state index in [1.165, 1.54) is 0 Å². The van der Waals surface area contributed by atoms with Gasteiger partial charge in [0.25, 0.3) is 6.17 Å². The predicted molar refractivity (Wildman–Crippen MR) is 64.1 cm³/mol. The molecule has 1 radical (unpaired) electrons. The number of hydrogen-bond acceptors (Lipinski definition) is 1. The fourth-order valence-electron chi connectivity index (χ4n) is 1.63. The molecule has 0 spiro atoms. The summed E-state index contributed by atoms with van der Waals surface area (Å²) in [5.41, 5.74) is 0. The molecule has 0 aliphatic rings. The van der Waals surface area contributed by atoms with E-state index >= 15 is 0 Å². The Labute approximate surface area is 115 Å². The summed E-state index contributed by atoms with van der Waals surface area (Å²) < 4.78 is 76.9. The van der Waals surface area contributed by atoms with Crippen molar-refractivity contribution in [1.82, 2.24) is 0 Å². The van der Waals surface area contributed by atoms with E-state index < -0.39 is 25.1 Å². The van der Waals surface area contributed by atoms with Crippen LogP contribution in [0.15, 0.2) is 0 Å². The molecule has 0 heterocycles. The van der Waals surface area contributed by atoms with Crippen LogP contribution in [0.1, 0.15) is 51.4 Å². The summed E-state index contributed by atoms with van der Waals surface area (Å²) >= 11 is 0. The second-order valence-electron chi connectivity index (χ2n) is 4.64. The van der Waals surface area contributed by atoms with E-state index in [0.717, 1.165) is 38.5 Å². The molecule has 0 saturated heterocycles. The van der Waals surface area contributed by atoms with Crippen molar-refractivity contribution in [3.63, 3.8) is 0 Å². The van der Waals surface area contributed by atoms with Crippen LogP contribution in [0, 0.1) is 6.92 Å². The van der Waals surface area contributed by atoms with Gasteiger partial charge in [-0.15, -0.1) is 0 Å². The Balaban J connectivity index is 3.63. The van der Waals surface area contributed by atoms with Crippen molar-refractivity contribution in [3.05, 3.63) is 6.92 Å². The highest BCUT2D eigenvalue weighted by Crippen LogP contribution is 2.35. The van der Waals surface area contributed by atoms with Crippen LogP contribution in [-0.2, 0) is 4.74 Å². The minimum atomic E-state index is -5.61. The highest BCUT2D eigenvalue weighted by atomic mass is 19.4. The van der Waals surface area contributed by atoms with Gasteiger partial charge in [0.2, 0.25) is 0 Å². The van der Waals surface area contributed by atoms with E-state index in [9.17, 15) is 26.3 Å². The lowest BCUT2D eigenvalue weighted by Gasteiger charge is -2.22. The third-order valence-electron chi connectivity index (χ3n) is 2.77. The summed E-state index contributed by atoms with van der Waals surface area (Å²) in [6.07, 6.45) is -8.20.